The molecule has 0 saturated carbocycles. The molecule has 0 aliphatic heterocycles. The van der Waals surface area contributed by atoms with Crippen LogP contribution in [0.5, 0.6) is 11.5 Å². The summed E-state index contributed by atoms with van der Waals surface area (Å²) in [5.41, 5.74) is 3.88. The van der Waals surface area contributed by atoms with Crippen LogP contribution in [-0.4, -0.2) is 14.2 Å². The summed E-state index contributed by atoms with van der Waals surface area (Å²) >= 11 is 0. The van der Waals surface area contributed by atoms with Gasteiger partial charge in [-0.3, -0.25) is 0 Å². The highest BCUT2D eigenvalue weighted by molar-refractivity contribution is 5.45. The van der Waals surface area contributed by atoms with Crippen molar-refractivity contribution in [3.63, 3.8) is 0 Å². The number of benzene rings is 2. The summed E-state index contributed by atoms with van der Waals surface area (Å²) in [4.78, 5) is 0. The minimum absolute atomic E-state index is 0.463. The Kier molecular flexibility index (Phi) is 4.11. The molecule has 110 valence electrons. The minimum atomic E-state index is 0.463. The summed E-state index contributed by atoms with van der Waals surface area (Å²) in [6.45, 7) is 0.588. The lowest BCUT2D eigenvalue weighted by Crippen LogP contribution is -2.12. The lowest BCUT2D eigenvalue weighted by molar-refractivity contribution is 0.303. The maximum atomic E-state index is 6.03. The molecule has 1 aliphatic carbocycles. The zero-order chi connectivity index (χ0) is 14.7. The Morgan fingerprint density at radius 3 is 2.67 bits per heavy atom. The van der Waals surface area contributed by atoms with Crippen molar-refractivity contribution in [2.24, 2.45) is 0 Å². The van der Waals surface area contributed by atoms with Crippen LogP contribution in [0.1, 0.15) is 29.2 Å². The van der Waals surface area contributed by atoms with Gasteiger partial charge in [0, 0.05) is 6.04 Å². The Bertz CT molecular complexity index is 607. The molecule has 0 bridgehead atoms. The average Bonchev–Trinajstić information content (AvgIpc) is 2.97. The van der Waals surface area contributed by atoms with Crippen LogP contribution in [0, 0.1) is 0 Å². The first-order valence-electron chi connectivity index (χ1n) is 7.36. The predicted molar refractivity (Wildman–Crippen MR) is 83.9 cm³/mol. The number of rotatable bonds is 5. The molecule has 0 heterocycles. The summed E-state index contributed by atoms with van der Waals surface area (Å²) in [7, 11) is 3.70. The Morgan fingerprint density at radius 2 is 1.95 bits per heavy atom. The summed E-state index contributed by atoms with van der Waals surface area (Å²) in [5, 5.41) is 3.36. The monoisotopic (exact) mass is 283 g/mol. The van der Waals surface area contributed by atoms with E-state index in [1.807, 2.05) is 31.3 Å². The van der Waals surface area contributed by atoms with E-state index in [2.05, 4.69) is 23.5 Å². The lowest BCUT2D eigenvalue weighted by Gasteiger charge is -2.13. The summed E-state index contributed by atoms with van der Waals surface area (Å²) in [6, 6.07) is 14.8. The molecule has 1 N–H and O–H groups in total. The number of fused-ring (bicyclic) bond motifs is 1. The first kappa shape index (κ1) is 14.0. The molecule has 0 fully saturated rings. The van der Waals surface area contributed by atoms with Gasteiger partial charge in [-0.15, -0.1) is 0 Å². The minimum Gasteiger partial charge on any atom is -0.497 e. The van der Waals surface area contributed by atoms with Crippen LogP contribution in [0.15, 0.2) is 42.5 Å². The second-order valence-corrected chi connectivity index (χ2v) is 5.34. The maximum Gasteiger partial charge on any atom is 0.123 e. The van der Waals surface area contributed by atoms with Gasteiger partial charge in [0.15, 0.2) is 0 Å². The molecule has 0 aromatic heterocycles. The molecule has 1 atom stereocenters. The van der Waals surface area contributed by atoms with Crippen LogP contribution >= 0.6 is 0 Å². The van der Waals surface area contributed by atoms with Crippen molar-refractivity contribution in [2.75, 3.05) is 14.2 Å². The quantitative estimate of drug-likeness (QED) is 0.911. The third kappa shape index (κ3) is 2.88. The summed E-state index contributed by atoms with van der Waals surface area (Å²) in [5.74, 6) is 1.89. The Hall–Kier alpha value is -2.00. The van der Waals surface area contributed by atoms with Gasteiger partial charge in [-0.1, -0.05) is 24.3 Å². The number of hydrogen-bond acceptors (Lipinski definition) is 3. The fraction of sp³-hybridized carbons (Fsp3) is 0.333. The Morgan fingerprint density at radius 1 is 1.14 bits per heavy atom. The second-order valence-electron chi connectivity index (χ2n) is 5.34. The lowest BCUT2D eigenvalue weighted by atomic mass is 10.1. The summed E-state index contributed by atoms with van der Waals surface area (Å²) in [6.07, 6.45) is 2.23. The van der Waals surface area contributed by atoms with Gasteiger partial charge in [0.1, 0.15) is 18.1 Å². The van der Waals surface area contributed by atoms with E-state index < -0.39 is 0 Å². The molecule has 2 aromatic carbocycles. The van der Waals surface area contributed by atoms with Crippen LogP contribution in [0.3, 0.4) is 0 Å². The first-order valence-corrected chi connectivity index (χ1v) is 7.36. The van der Waals surface area contributed by atoms with Crippen molar-refractivity contribution in [1.29, 1.82) is 0 Å². The Balaban J connectivity index is 1.72. The second kappa shape index (κ2) is 6.19. The average molecular weight is 283 g/mol. The normalized spacial score (nSPS) is 16.6. The third-order valence-corrected chi connectivity index (χ3v) is 4.13. The van der Waals surface area contributed by atoms with Crippen LogP contribution in [0.4, 0.5) is 0 Å². The zero-order valence-electron chi connectivity index (χ0n) is 12.6. The molecule has 3 heteroatoms. The molecule has 21 heavy (non-hydrogen) atoms. The van der Waals surface area contributed by atoms with Crippen molar-refractivity contribution in [3.8, 4) is 11.5 Å². The molecule has 0 amide bonds. The van der Waals surface area contributed by atoms with E-state index in [9.17, 15) is 0 Å². The molecule has 3 nitrogen and oxygen atoms in total. The van der Waals surface area contributed by atoms with Crippen molar-refractivity contribution in [2.45, 2.75) is 25.5 Å². The van der Waals surface area contributed by atoms with Gasteiger partial charge < -0.3 is 14.8 Å². The molecule has 2 aromatic rings. The molecule has 3 rings (SSSR count). The molecule has 1 unspecified atom stereocenters. The number of methoxy groups -OCH3 is 1. The molecular formula is C18H21NO2. The topological polar surface area (TPSA) is 30.5 Å². The van der Waals surface area contributed by atoms with E-state index in [0.717, 1.165) is 29.9 Å². The third-order valence-electron chi connectivity index (χ3n) is 4.13. The van der Waals surface area contributed by atoms with Crippen molar-refractivity contribution in [3.05, 3.63) is 59.2 Å². The fourth-order valence-electron chi connectivity index (χ4n) is 2.94. The first-order chi connectivity index (χ1) is 10.3. The SMILES string of the molecule is CNC1CCc2c(OCc3ccc(OC)cc3)cccc21. The number of hydrogen-bond donors (Lipinski definition) is 1. The van der Waals surface area contributed by atoms with Gasteiger partial charge in [-0.2, -0.15) is 0 Å². The zero-order valence-corrected chi connectivity index (χ0v) is 12.6. The van der Waals surface area contributed by atoms with Gasteiger partial charge >= 0.3 is 0 Å². The van der Waals surface area contributed by atoms with E-state index >= 15 is 0 Å². The molecular weight excluding hydrogens is 262 g/mol. The van der Waals surface area contributed by atoms with E-state index in [1.54, 1.807) is 7.11 Å². The van der Waals surface area contributed by atoms with Gasteiger partial charge in [-0.25, -0.2) is 0 Å². The van der Waals surface area contributed by atoms with Gasteiger partial charge in [0.05, 0.1) is 7.11 Å². The highest BCUT2D eigenvalue weighted by Crippen LogP contribution is 2.36. The summed E-state index contributed by atoms with van der Waals surface area (Å²) < 4.78 is 11.2. The molecule has 1 aliphatic rings. The predicted octanol–water partition coefficient (Wildman–Crippen LogP) is 3.48. The number of nitrogens with one attached hydrogen (secondary N) is 1. The van der Waals surface area contributed by atoms with Crippen LogP contribution in [0.2, 0.25) is 0 Å². The fourth-order valence-corrected chi connectivity index (χ4v) is 2.94. The van der Waals surface area contributed by atoms with Crippen molar-refractivity contribution in [1.82, 2.24) is 5.32 Å². The van der Waals surface area contributed by atoms with E-state index in [-0.39, 0.29) is 0 Å². The highest BCUT2D eigenvalue weighted by Gasteiger charge is 2.23. The maximum absolute atomic E-state index is 6.03. The van der Waals surface area contributed by atoms with Crippen LogP contribution in [0.25, 0.3) is 0 Å². The van der Waals surface area contributed by atoms with Crippen LogP contribution < -0.4 is 14.8 Å². The smallest absolute Gasteiger partial charge is 0.123 e. The molecule has 0 saturated heterocycles. The van der Waals surface area contributed by atoms with E-state index in [1.165, 1.54) is 11.1 Å². The van der Waals surface area contributed by atoms with Crippen LogP contribution in [-0.2, 0) is 13.0 Å². The Labute approximate surface area is 125 Å². The van der Waals surface area contributed by atoms with Gasteiger partial charge in [-0.05, 0) is 54.8 Å². The van der Waals surface area contributed by atoms with Crippen molar-refractivity contribution < 1.29 is 9.47 Å². The van der Waals surface area contributed by atoms with E-state index in [4.69, 9.17) is 9.47 Å². The standard InChI is InChI=1S/C18H21NO2/c1-19-17-11-10-16-15(17)4-3-5-18(16)21-12-13-6-8-14(20-2)9-7-13/h3-9,17,19H,10-12H2,1-2H3. The van der Waals surface area contributed by atoms with Gasteiger partial charge in [0.2, 0.25) is 0 Å². The number of ether oxygens (including phenoxy) is 2. The largest absolute Gasteiger partial charge is 0.497 e. The van der Waals surface area contributed by atoms with Gasteiger partial charge in [0.25, 0.3) is 0 Å². The van der Waals surface area contributed by atoms with Crippen molar-refractivity contribution >= 4 is 0 Å². The molecule has 0 spiro atoms. The highest BCUT2D eigenvalue weighted by atomic mass is 16.5. The van der Waals surface area contributed by atoms with E-state index in [0.29, 0.717) is 12.6 Å². The molecule has 0 radical (unpaired) electrons.